The highest BCUT2D eigenvalue weighted by molar-refractivity contribution is 5.94. The summed E-state index contributed by atoms with van der Waals surface area (Å²) in [4.78, 5) is 29.5. The number of carbonyl (C=O) groups is 2. The Labute approximate surface area is 182 Å². The number of ether oxygens (including phenoxy) is 1. The number of carbonyl (C=O) groups excluding carboxylic acids is 1. The summed E-state index contributed by atoms with van der Waals surface area (Å²) in [6.07, 6.45) is 3.64. The zero-order chi connectivity index (χ0) is 22.1. The van der Waals surface area contributed by atoms with Gasteiger partial charge in [0.05, 0.1) is 18.8 Å². The van der Waals surface area contributed by atoms with Gasteiger partial charge >= 0.3 is 6.09 Å². The molecule has 162 valence electrons. The lowest BCUT2D eigenvalue weighted by molar-refractivity contribution is -0.126. The third kappa shape index (κ3) is 4.33. The molecule has 1 aromatic heterocycles. The third-order valence-corrected chi connectivity index (χ3v) is 6.08. The van der Waals surface area contributed by atoms with Crippen molar-refractivity contribution in [3.63, 3.8) is 0 Å². The van der Waals surface area contributed by atoms with Gasteiger partial charge in [0.15, 0.2) is 0 Å². The number of imide groups is 1. The highest BCUT2D eigenvalue weighted by Crippen LogP contribution is 2.44. The van der Waals surface area contributed by atoms with E-state index in [0.29, 0.717) is 29.8 Å². The SMILES string of the molecule is COc1nc(/C(=C\[C@H]2CCC(=O)N2C(=O)O)c2ccc(C(C)C)cc2)ccc1C1CC1. The summed E-state index contributed by atoms with van der Waals surface area (Å²) in [5, 5.41) is 9.53. The van der Waals surface area contributed by atoms with Crippen LogP contribution >= 0.6 is 0 Å². The van der Waals surface area contributed by atoms with Crippen molar-refractivity contribution in [2.24, 2.45) is 0 Å². The number of benzene rings is 1. The van der Waals surface area contributed by atoms with E-state index >= 15 is 0 Å². The van der Waals surface area contributed by atoms with Crippen LogP contribution in [0.25, 0.3) is 5.57 Å². The predicted octanol–water partition coefficient (Wildman–Crippen LogP) is 5.19. The van der Waals surface area contributed by atoms with Crippen molar-refractivity contribution in [1.29, 1.82) is 0 Å². The Bertz CT molecular complexity index is 1020. The van der Waals surface area contributed by atoms with E-state index < -0.39 is 12.1 Å². The number of methoxy groups -OCH3 is 1. The monoisotopic (exact) mass is 420 g/mol. The summed E-state index contributed by atoms with van der Waals surface area (Å²) in [6, 6.07) is 11.7. The van der Waals surface area contributed by atoms with Crippen molar-refractivity contribution in [3.8, 4) is 5.88 Å². The van der Waals surface area contributed by atoms with Gasteiger partial charge in [0.1, 0.15) is 0 Å². The maximum absolute atomic E-state index is 12.1. The van der Waals surface area contributed by atoms with Crippen molar-refractivity contribution < 1.29 is 19.4 Å². The smallest absolute Gasteiger partial charge is 0.414 e. The minimum absolute atomic E-state index is 0.227. The number of likely N-dealkylation sites (tertiary alicyclic amines) is 1. The number of carboxylic acid groups (broad SMARTS) is 1. The molecule has 2 aromatic rings. The van der Waals surface area contributed by atoms with Gasteiger partial charge in [0.25, 0.3) is 0 Å². The summed E-state index contributed by atoms with van der Waals surface area (Å²) in [6.45, 7) is 4.29. The van der Waals surface area contributed by atoms with Crippen molar-refractivity contribution in [1.82, 2.24) is 9.88 Å². The first-order valence-electron chi connectivity index (χ1n) is 10.8. The van der Waals surface area contributed by atoms with Crippen molar-refractivity contribution in [2.75, 3.05) is 7.11 Å². The van der Waals surface area contributed by atoms with Gasteiger partial charge in [-0.2, -0.15) is 0 Å². The fourth-order valence-electron chi connectivity index (χ4n) is 4.15. The third-order valence-electron chi connectivity index (χ3n) is 6.08. The molecule has 2 heterocycles. The molecule has 1 aliphatic carbocycles. The summed E-state index contributed by atoms with van der Waals surface area (Å²) in [7, 11) is 1.63. The Hall–Kier alpha value is -3.15. The minimum atomic E-state index is -1.21. The molecule has 1 aliphatic heterocycles. The molecule has 0 radical (unpaired) electrons. The van der Waals surface area contributed by atoms with Crippen LogP contribution in [-0.2, 0) is 4.79 Å². The van der Waals surface area contributed by atoms with Crippen LogP contribution in [0.15, 0.2) is 42.5 Å². The largest absolute Gasteiger partial charge is 0.481 e. The lowest BCUT2D eigenvalue weighted by Crippen LogP contribution is -2.36. The van der Waals surface area contributed by atoms with Gasteiger partial charge in [-0.1, -0.05) is 50.3 Å². The highest BCUT2D eigenvalue weighted by Gasteiger charge is 2.35. The molecule has 1 aromatic carbocycles. The zero-order valence-electron chi connectivity index (χ0n) is 18.2. The molecular formula is C25H28N2O4. The van der Waals surface area contributed by atoms with Crippen molar-refractivity contribution in [3.05, 3.63) is 64.9 Å². The number of pyridine rings is 1. The van der Waals surface area contributed by atoms with Crippen molar-refractivity contribution >= 4 is 17.6 Å². The van der Waals surface area contributed by atoms with Crippen LogP contribution < -0.4 is 4.74 Å². The number of nitrogens with zero attached hydrogens (tertiary/aromatic N) is 2. The van der Waals surface area contributed by atoms with E-state index in [9.17, 15) is 14.7 Å². The fourth-order valence-corrected chi connectivity index (χ4v) is 4.15. The molecule has 0 unspecified atom stereocenters. The van der Waals surface area contributed by atoms with E-state index in [2.05, 4.69) is 32.0 Å². The lowest BCUT2D eigenvalue weighted by Gasteiger charge is -2.19. The molecule has 0 spiro atoms. The normalized spacial score (nSPS) is 19.2. The second-order valence-electron chi connectivity index (χ2n) is 8.58. The number of hydrogen-bond donors (Lipinski definition) is 1. The first kappa shape index (κ1) is 21.1. The Balaban J connectivity index is 1.79. The predicted molar refractivity (Wildman–Crippen MR) is 118 cm³/mol. The highest BCUT2D eigenvalue weighted by atomic mass is 16.5. The zero-order valence-corrected chi connectivity index (χ0v) is 18.2. The second-order valence-corrected chi connectivity index (χ2v) is 8.58. The summed E-state index contributed by atoms with van der Waals surface area (Å²) in [5.41, 5.74) is 4.79. The molecule has 1 saturated heterocycles. The fraction of sp³-hybridized carbons (Fsp3) is 0.400. The molecule has 31 heavy (non-hydrogen) atoms. The topological polar surface area (TPSA) is 79.7 Å². The first-order valence-corrected chi connectivity index (χ1v) is 10.8. The molecule has 1 N–H and O–H groups in total. The van der Waals surface area contributed by atoms with Crippen LogP contribution in [0.4, 0.5) is 4.79 Å². The van der Waals surface area contributed by atoms with E-state index in [1.54, 1.807) is 7.11 Å². The number of rotatable bonds is 6. The van der Waals surface area contributed by atoms with Gasteiger partial charge in [-0.3, -0.25) is 4.79 Å². The maximum Gasteiger partial charge on any atom is 0.414 e. The summed E-state index contributed by atoms with van der Waals surface area (Å²) in [5.74, 6) is 1.16. The minimum Gasteiger partial charge on any atom is -0.481 e. The molecule has 0 bridgehead atoms. The van der Waals surface area contributed by atoms with Crippen LogP contribution in [0, 0.1) is 0 Å². The van der Waals surface area contributed by atoms with Gasteiger partial charge in [-0.25, -0.2) is 14.7 Å². The summed E-state index contributed by atoms with van der Waals surface area (Å²) >= 11 is 0. The van der Waals surface area contributed by atoms with E-state index in [1.165, 1.54) is 5.56 Å². The van der Waals surface area contributed by atoms with E-state index in [4.69, 9.17) is 9.72 Å². The molecule has 6 heteroatoms. The Morgan fingerprint density at radius 1 is 1.16 bits per heavy atom. The average molecular weight is 421 g/mol. The molecule has 1 saturated carbocycles. The molecular weight excluding hydrogens is 392 g/mol. The Morgan fingerprint density at radius 3 is 2.45 bits per heavy atom. The first-order chi connectivity index (χ1) is 14.9. The van der Waals surface area contributed by atoms with Gasteiger partial charge < -0.3 is 9.84 Å². The van der Waals surface area contributed by atoms with E-state index in [-0.39, 0.29) is 12.3 Å². The van der Waals surface area contributed by atoms with Crippen LogP contribution in [0.1, 0.15) is 73.8 Å². The van der Waals surface area contributed by atoms with Gasteiger partial charge in [-0.15, -0.1) is 0 Å². The van der Waals surface area contributed by atoms with E-state index in [0.717, 1.165) is 34.4 Å². The van der Waals surface area contributed by atoms with Crippen LogP contribution in [0.5, 0.6) is 5.88 Å². The Morgan fingerprint density at radius 2 is 1.87 bits per heavy atom. The molecule has 1 atom stereocenters. The Kier molecular flexibility index (Phi) is 5.81. The van der Waals surface area contributed by atoms with Gasteiger partial charge in [-0.05, 0) is 48.3 Å². The van der Waals surface area contributed by atoms with Crippen LogP contribution in [-0.4, -0.2) is 40.1 Å². The van der Waals surface area contributed by atoms with E-state index in [1.807, 2.05) is 24.3 Å². The van der Waals surface area contributed by atoms with Crippen molar-refractivity contribution in [2.45, 2.75) is 57.4 Å². The molecule has 4 rings (SSSR count). The van der Waals surface area contributed by atoms with Crippen LogP contribution in [0.3, 0.4) is 0 Å². The van der Waals surface area contributed by atoms with Gasteiger partial charge in [0.2, 0.25) is 11.8 Å². The average Bonchev–Trinajstić information content (AvgIpc) is 3.53. The molecule has 2 aliphatic rings. The quantitative estimate of drug-likeness (QED) is 0.695. The maximum atomic E-state index is 12.1. The molecule has 2 fully saturated rings. The number of aromatic nitrogens is 1. The summed E-state index contributed by atoms with van der Waals surface area (Å²) < 4.78 is 5.57. The lowest BCUT2D eigenvalue weighted by atomic mass is 9.95. The van der Waals surface area contributed by atoms with Crippen LogP contribution in [0.2, 0.25) is 0 Å². The number of amides is 2. The molecule has 2 amide bonds. The standard InChI is InChI=1S/C25H28N2O4/c1-15(2)16-4-6-18(7-5-16)21(14-19-10-13-23(28)27(19)25(29)30)22-12-11-20(17-8-9-17)24(26-22)31-3/h4-7,11-12,14-15,17,19H,8-10,13H2,1-3H3,(H,29,30)/b21-14-/t19-/m1/s1. The number of hydrogen-bond acceptors (Lipinski definition) is 4. The molecule has 6 nitrogen and oxygen atoms in total. The van der Waals surface area contributed by atoms with Gasteiger partial charge in [0, 0.05) is 17.6 Å². The second kappa shape index (κ2) is 8.53.